The molecule has 1 atom stereocenters. The monoisotopic (exact) mass is 249 g/mol. The molecule has 1 aromatic rings. The Morgan fingerprint density at radius 1 is 1.33 bits per heavy atom. The zero-order valence-electron chi connectivity index (χ0n) is 11.4. The van der Waals surface area contributed by atoms with Crippen LogP contribution in [0.1, 0.15) is 38.8 Å². The molecule has 0 aliphatic heterocycles. The third-order valence-corrected chi connectivity index (χ3v) is 2.68. The lowest BCUT2D eigenvalue weighted by Gasteiger charge is -2.15. The summed E-state index contributed by atoms with van der Waals surface area (Å²) < 4.78 is 0. The lowest BCUT2D eigenvalue weighted by atomic mass is 10.1. The number of rotatable bonds is 6. The number of hydrogen-bond donors (Lipinski definition) is 3. The van der Waals surface area contributed by atoms with Crippen LogP contribution in [0.3, 0.4) is 0 Å². The summed E-state index contributed by atoms with van der Waals surface area (Å²) >= 11 is 0. The number of hydrogen-bond acceptors (Lipinski definition) is 2. The standard InChI is InChI=1S/C14H23N3O/c1-4-9-16-11(3)12-7-6-8-13(10-12)17-14(18)15-5-2/h6-8,10-11,16H,4-5,9H2,1-3H3,(H2,15,17,18). The molecule has 100 valence electrons. The molecule has 2 amide bonds. The first-order valence-electron chi connectivity index (χ1n) is 6.55. The molecular formula is C14H23N3O. The van der Waals surface area contributed by atoms with Gasteiger partial charge in [-0.2, -0.15) is 0 Å². The molecule has 0 bridgehead atoms. The third kappa shape index (κ3) is 4.75. The van der Waals surface area contributed by atoms with Gasteiger partial charge in [0.1, 0.15) is 0 Å². The van der Waals surface area contributed by atoms with Gasteiger partial charge in [0.15, 0.2) is 0 Å². The van der Waals surface area contributed by atoms with Gasteiger partial charge >= 0.3 is 6.03 Å². The van der Waals surface area contributed by atoms with Crippen molar-refractivity contribution in [3.05, 3.63) is 29.8 Å². The quantitative estimate of drug-likeness (QED) is 0.726. The van der Waals surface area contributed by atoms with Crippen LogP contribution in [-0.4, -0.2) is 19.1 Å². The van der Waals surface area contributed by atoms with Crippen molar-refractivity contribution >= 4 is 11.7 Å². The van der Waals surface area contributed by atoms with Gasteiger partial charge in [-0.15, -0.1) is 0 Å². The first-order valence-corrected chi connectivity index (χ1v) is 6.55. The van der Waals surface area contributed by atoms with E-state index in [4.69, 9.17) is 0 Å². The summed E-state index contributed by atoms with van der Waals surface area (Å²) in [7, 11) is 0. The van der Waals surface area contributed by atoms with Crippen molar-refractivity contribution in [2.45, 2.75) is 33.2 Å². The van der Waals surface area contributed by atoms with Gasteiger partial charge in [0, 0.05) is 18.3 Å². The van der Waals surface area contributed by atoms with Crippen molar-refractivity contribution in [1.82, 2.24) is 10.6 Å². The number of nitrogens with one attached hydrogen (secondary N) is 3. The number of amides is 2. The molecule has 4 nitrogen and oxygen atoms in total. The first kappa shape index (κ1) is 14.5. The van der Waals surface area contributed by atoms with Crippen molar-refractivity contribution in [1.29, 1.82) is 0 Å². The van der Waals surface area contributed by atoms with E-state index < -0.39 is 0 Å². The van der Waals surface area contributed by atoms with Crippen molar-refractivity contribution in [2.75, 3.05) is 18.4 Å². The molecular weight excluding hydrogens is 226 g/mol. The Morgan fingerprint density at radius 3 is 2.78 bits per heavy atom. The summed E-state index contributed by atoms with van der Waals surface area (Å²) in [6, 6.07) is 8.05. The van der Waals surface area contributed by atoms with Crippen LogP contribution < -0.4 is 16.0 Å². The SMILES string of the molecule is CCCNC(C)c1cccc(NC(=O)NCC)c1. The molecule has 0 fully saturated rings. The van der Waals surface area contributed by atoms with Crippen LogP contribution in [0.25, 0.3) is 0 Å². The predicted molar refractivity (Wildman–Crippen MR) is 75.8 cm³/mol. The number of urea groups is 1. The van der Waals surface area contributed by atoms with Gasteiger partial charge in [0.25, 0.3) is 0 Å². The van der Waals surface area contributed by atoms with E-state index in [1.807, 2.05) is 25.1 Å². The Morgan fingerprint density at radius 2 is 2.11 bits per heavy atom. The summed E-state index contributed by atoms with van der Waals surface area (Å²) in [5.74, 6) is 0. The fourth-order valence-electron chi connectivity index (χ4n) is 1.70. The van der Waals surface area contributed by atoms with Gasteiger partial charge in [-0.25, -0.2) is 4.79 Å². The van der Waals surface area contributed by atoms with E-state index >= 15 is 0 Å². The van der Waals surface area contributed by atoms with E-state index in [2.05, 4.69) is 35.9 Å². The van der Waals surface area contributed by atoms with Crippen molar-refractivity contribution in [2.24, 2.45) is 0 Å². The van der Waals surface area contributed by atoms with Crippen molar-refractivity contribution < 1.29 is 4.79 Å². The zero-order chi connectivity index (χ0) is 13.4. The Hall–Kier alpha value is -1.55. The van der Waals surface area contributed by atoms with E-state index in [0.29, 0.717) is 12.6 Å². The molecule has 0 aromatic heterocycles. The molecule has 18 heavy (non-hydrogen) atoms. The van der Waals surface area contributed by atoms with Crippen LogP contribution in [0, 0.1) is 0 Å². The molecule has 0 heterocycles. The summed E-state index contributed by atoms with van der Waals surface area (Å²) in [6.07, 6.45) is 1.11. The Labute approximate surface area is 109 Å². The second-order valence-corrected chi connectivity index (χ2v) is 4.29. The van der Waals surface area contributed by atoms with Gasteiger partial charge in [-0.3, -0.25) is 0 Å². The predicted octanol–water partition coefficient (Wildman–Crippen LogP) is 2.89. The average molecular weight is 249 g/mol. The molecule has 1 rings (SSSR count). The Kier molecular flexibility index (Phi) is 6.22. The zero-order valence-corrected chi connectivity index (χ0v) is 11.4. The molecule has 0 spiro atoms. The molecule has 1 unspecified atom stereocenters. The highest BCUT2D eigenvalue weighted by Crippen LogP contribution is 2.17. The Bertz CT molecular complexity index is 379. The number of anilines is 1. The van der Waals surface area contributed by atoms with Gasteiger partial charge in [0.2, 0.25) is 0 Å². The molecule has 0 saturated carbocycles. The van der Waals surface area contributed by atoms with E-state index in [-0.39, 0.29) is 6.03 Å². The second kappa shape index (κ2) is 7.71. The number of carbonyl (C=O) groups excluding carboxylic acids is 1. The van der Waals surface area contributed by atoms with Gasteiger partial charge in [-0.05, 0) is 44.5 Å². The summed E-state index contributed by atoms with van der Waals surface area (Å²) in [4.78, 5) is 11.4. The van der Waals surface area contributed by atoms with Crippen molar-refractivity contribution in [3.8, 4) is 0 Å². The molecule has 1 aromatic carbocycles. The van der Waals surface area contributed by atoms with Crippen molar-refractivity contribution in [3.63, 3.8) is 0 Å². The maximum atomic E-state index is 11.4. The van der Waals surface area contributed by atoms with Gasteiger partial charge < -0.3 is 16.0 Å². The summed E-state index contributed by atoms with van der Waals surface area (Å²) in [6.45, 7) is 7.79. The van der Waals surface area contributed by atoms with Crippen LogP contribution in [0.4, 0.5) is 10.5 Å². The lowest BCUT2D eigenvalue weighted by Crippen LogP contribution is -2.28. The summed E-state index contributed by atoms with van der Waals surface area (Å²) in [5, 5.41) is 8.95. The molecule has 3 N–H and O–H groups in total. The highest BCUT2D eigenvalue weighted by Gasteiger charge is 2.06. The molecule has 0 radical (unpaired) electrons. The largest absolute Gasteiger partial charge is 0.338 e. The highest BCUT2D eigenvalue weighted by molar-refractivity contribution is 5.89. The van der Waals surface area contributed by atoms with Crippen LogP contribution in [0.2, 0.25) is 0 Å². The van der Waals surface area contributed by atoms with Crippen LogP contribution in [-0.2, 0) is 0 Å². The average Bonchev–Trinajstić information content (AvgIpc) is 2.36. The Balaban J connectivity index is 2.63. The second-order valence-electron chi connectivity index (χ2n) is 4.29. The van der Waals surface area contributed by atoms with Crippen LogP contribution >= 0.6 is 0 Å². The highest BCUT2D eigenvalue weighted by atomic mass is 16.2. The molecule has 0 aliphatic rings. The maximum absolute atomic E-state index is 11.4. The fourth-order valence-corrected chi connectivity index (χ4v) is 1.70. The first-order chi connectivity index (χ1) is 8.67. The lowest BCUT2D eigenvalue weighted by molar-refractivity contribution is 0.252. The number of benzene rings is 1. The van der Waals surface area contributed by atoms with E-state index in [1.165, 1.54) is 5.56 Å². The minimum atomic E-state index is -0.163. The van der Waals surface area contributed by atoms with E-state index in [9.17, 15) is 4.79 Å². The van der Waals surface area contributed by atoms with E-state index in [0.717, 1.165) is 18.7 Å². The fraction of sp³-hybridized carbons (Fsp3) is 0.500. The third-order valence-electron chi connectivity index (χ3n) is 2.68. The minimum Gasteiger partial charge on any atom is -0.338 e. The molecule has 0 saturated heterocycles. The molecule has 4 heteroatoms. The summed E-state index contributed by atoms with van der Waals surface area (Å²) in [5.41, 5.74) is 2.00. The smallest absolute Gasteiger partial charge is 0.319 e. The maximum Gasteiger partial charge on any atom is 0.319 e. The topological polar surface area (TPSA) is 53.2 Å². The van der Waals surface area contributed by atoms with E-state index in [1.54, 1.807) is 0 Å². The minimum absolute atomic E-state index is 0.163. The number of carbonyl (C=O) groups is 1. The van der Waals surface area contributed by atoms with Gasteiger partial charge in [0.05, 0.1) is 0 Å². The normalized spacial score (nSPS) is 11.9. The van der Waals surface area contributed by atoms with Gasteiger partial charge in [-0.1, -0.05) is 19.1 Å². The molecule has 0 aliphatic carbocycles. The van der Waals surface area contributed by atoms with Crippen LogP contribution in [0.5, 0.6) is 0 Å². The van der Waals surface area contributed by atoms with Crippen LogP contribution in [0.15, 0.2) is 24.3 Å².